The maximum absolute atomic E-state index is 13.6. The Kier molecular flexibility index (Phi) is 9.10. The first kappa shape index (κ1) is 27.2. The molecule has 0 saturated heterocycles. The number of carbonyl (C=O) groups is 3. The third-order valence-corrected chi connectivity index (χ3v) is 5.33. The molecule has 1 atom stereocenters. The van der Waals surface area contributed by atoms with Crippen molar-refractivity contribution < 1.29 is 19.1 Å². The van der Waals surface area contributed by atoms with Crippen molar-refractivity contribution in [2.75, 3.05) is 11.9 Å². The molecule has 0 aliphatic carbocycles. The van der Waals surface area contributed by atoms with E-state index >= 15 is 0 Å². The predicted molar refractivity (Wildman–Crippen MR) is 135 cm³/mol. The van der Waals surface area contributed by atoms with Crippen LogP contribution in [0.2, 0.25) is 5.02 Å². The van der Waals surface area contributed by atoms with Crippen LogP contribution in [0.25, 0.3) is 0 Å². The average Bonchev–Trinajstić information content (AvgIpc) is 2.72. The van der Waals surface area contributed by atoms with Gasteiger partial charge >= 0.3 is 6.09 Å². The molecule has 0 spiro atoms. The maximum atomic E-state index is 13.6. The summed E-state index contributed by atoms with van der Waals surface area (Å²) in [6.07, 6.45) is -0.701. The molecule has 0 heterocycles. The SMILES string of the molecule is Cc1ccc(C(C(=O)Nc2c(C)cccc2Cl)N(C(=O)CNC(=O)OC(C)(C)C)C(C)C)cc1. The third kappa shape index (κ3) is 7.48. The summed E-state index contributed by atoms with van der Waals surface area (Å²) in [5.41, 5.74) is 2.28. The van der Waals surface area contributed by atoms with Gasteiger partial charge in [-0.3, -0.25) is 9.59 Å². The van der Waals surface area contributed by atoms with Gasteiger partial charge in [-0.05, 0) is 65.7 Å². The molecular formula is C26H34ClN3O4. The molecular weight excluding hydrogens is 454 g/mol. The van der Waals surface area contributed by atoms with Crippen LogP contribution in [0.5, 0.6) is 0 Å². The van der Waals surface area contributed by atoms with Crippen LogP contribution in [0.1, 0.15) is 57.4 Å². The van der Waals surface area contributed by atoms with Crippen molar-refractivity contribution in [3.8, 4) is 0 Å². The van der Waals surface area contributed by atoms with Crippen molar-refractivity contribution in [2.45, 2.75) is 66.2 Å². The molecule has 0 bridgehead atoms. The number of rotatable bonds is 7. The van der Waals surface area contributed by atoms with Crippen molar-refractivity contribution in [1.29, 1.82) is 0 Å². The summed E-state index contributed by atoms with van der Waals surface area (Å²) >= 11 is 6.33. The number of nitrogens with zero attached hydrogens (tertiary/aromatic N) is 1. The average molecular weight is 488 g/mol. The highest BCUT2D eigenvalue weighted by Gasteiger charge is 2.34. The zero-order valence-electron chi connectivity index (χ0n) is 20.9. The summed E-state index contributed by atoms with van der Waals surface area (Å²) in [4.78, 5) is 40.4. The Morgan fingerprint density at radius 1 is 1.03 bits per heavy atom. The number of anilines is 1. The summed E-state index contributed by atoms with van der Waals surface area (Å²) in [5, 5.41) is 5.80. The van der Waals surface area contributed by atoms with E-state index in [4.69, 9.17) is 16.3 Å². The van der Waals surface area contributed by atoms with E-state index < -0.39 is 29.6 Å². The Morgan fingerprint density at radius 2 is 1.65 bits per heavy atom. The normalized spacial score (nSPS) is 12.1. The molecule has 184 valence electrons. The largest absolute Gasteiger partial charge is 0.444 e. The zero-order chi connectivity index (χ0) is 25.6. The van der Waals surface area contributed by atoms with E-state index in [0.29, 0.717) is 16.3 Å². The first-order valence-corrected chi connectivity index (χ1v) is 11.6. The molecule has 0 radical (unpaired) electrons. The molecule has 0 fully saturated rings. The van der Waals surface area contributed by atoms with E-state index in [9.17, 15) is 14.4 Å². The fraction of sp³-hybridized carbons (Fsp3) is 0.423. The second-order valence-electron chi connectivity index (χ2n) is 9.48. The van der Waals surface area contributed by atoms with Gasteiger partial charge in [-0.2, -0.15) is 0 Å². The van der Waals surface area contributed by atoms with Crippen LogP contribution in [-0.4, -0.2) is 41.0 Å². The minimum absolute atomic E-state index is 0.312. The lowest BCUT2D eigenvalue weighted by molar-refractivity contribution is -0.140. The number of para-hydroxylation sites is 1. The van der Waals surface area contributed by atoms with Gasteiger partial charge in [-0.15, -0.1) is 0 Å². The Balaban J connectivity index is 2.38. The third-order valence-electron chi connectivity index (χ3n) is 5.02. The second-order valence-corrected chi connectivity index (χ2v) is 9.89. The molecule has 2 N–H and O–H groups in total. The summed E-state index contributed by atoms with van der Waals surface area (Å²) in [6.45, 7) is 12.3. The minimum Gasteiger partial charge on any atom is -0.444 e. The van der Waals surface area contributed by atoms with Crippen LogP contribution >= 0.6 is 11.6 Å². The molecule has 2 rings (SSSR count). The van der Waals surface area contributed by atoms with E-state index in [1.165, 1.54) is 4.90 Å². The summed E-state index contributed by atoms with van der Waals surface area (Å²) in [6, 6.07) is 11.5. The number of nitrogens with one attached hydrogen (secondary N) is 2. The van der Waals surface area contributed by atoms with Gasteiger partial charge in [0.1, 0.15) is 18.2 Å². The van der Waals surface area contributed by atoms with Gasteiger partial charge in [0.2, 0.25) is 5.91 Å². The van der Waals surface area contributed by atoms with Crippen molar-refractivity contribution in [3.63, 3.8) is 0 Å². The quantitative estimate of drug-likeness (QED) is 0.547. The highest BCUT2D eigenvalue weighted by Crippen LogP contribution is 2.30. The van der Waals surface area contributed by atoms with Crippen LogP contribution in [0.15, 0.2) is 42.5 Å². The summed E-state index contributed by atoms with van der Waals surface area (Å²) in [7, 11) is 0. The molecule has 2 aromatic carbocycles. The molecule has 3 amide bonds. The number of halogens is 1. The zero-order valence-corrected chi connectivity index (χ0v) is 21.6. The van der Waals surface area contributed by atoms with Gasteiger partial charge in [-0.1, -0.05) is 53.6 Å². The Morgan fingerprint density at radius 3 is 2.18 bits per heavy atom. The lowest BCUT2D eigenvalue weighted by Crippen LogP contribution is -2.49. The monoisotopic (exact) mass is 487 g/mol. The van der Waals surface area contributed by atoms with Gasteiger partial charge < -0.3 is 20.3 Å². The molecule has 0 aromatic heterocycles. The van der Waals surface area contributed by atoms with Crippen molar-refractivity contribution >= 4 is 35.2 Å². The first-order valence-electron chi connectivity index (χ1n) is 11.2. The number of aryl methyl sites for hydroxylation is 2. The van der Waals surface area contributed by atoms with Crippen LogP contribution < -0.4 is 10.6 Å². The number of alkyl carbamates (subject to hydrolysis) is 1. The van der Waals surface area contributed by atoms with Gasteiger partial charge in [0.15, 0.2) is 0 Å². The molecule has 0 saturated carbocycles. The van der Waals surface area contributed by atoms with E-state index in [1.54, 1.807) is 32.9 Å². The van der Waals surface area contributed by atoms with Crippen LogP contribution in [-0.2, 0) is 14.3 Å². The molecule has 7 nitrogen and oxygen atoms in total. The molecule has 34 heavy (non-hydrogen) atoms. The molecule has 0 aliphatic rings. The Labute approximate surface area is 206 Å². The topological polar surface area (TPSA) is 87.7 Å². The number of hydrogen-bond acceptors (Lipinski definition) is 4. The second kappa shape index (κ2) is 11.4. The first-order chi connectivity index (χ1) is 15.8. The smallest absolute Gasteiger partial charge is 0.408 e. The van der Waals surface area contributed by atoms with E-state index in [0.717, 1.165) is 11.1 Å². The summed E-state index contributed by atoms with van der Waals surface area (Å²) in [5.74, 6) is -0.822. The van der Waals surface area contributed by atoms with Crippen molar-refractivity contribution in [3.05, 3.63) is 64.2 Å². The predicted octanol–water partition coefficient (Wildman–Crippen LogP) is 5.40. The summed E-state index contributed by atoms with van der Waals surface area (Å²) < 4.78 is 5.22. The van der Waals surface area contributed by atoms with Crippen LogP contribution in [0.4, 0.5) is 10.5 Å². The number of ether oxygens (including phenoxy) is 1. The van der Waals surface area contributed by atoms with Crippen molar-refractivity contribution in [1.82, 2.24) is 10.2 Å². The van der Waals surface area contributed by atoms with Gasteiger partial charge in [-0.25, -0.2) is 4.79 Å². The Bertz CT molecular complexity index is 1010. The number of amides is 3. The van der Waals surface area contributed by atoms with E-state index in [-0.39, 0.29) is 12.6 Å². The van der Waals surface area contributed by atoms with E-state index in [1.807, 2.05) is 58.0 Å². The van der Waals surface area contributed by atoms with E-state index in [2.05, 4.69) is 10.6 Å². The molecule has 2 aromatic rings. The highest BCUT2D eigenvalue weighted by molar-refractivity contribution is 6.34. The van der Waals surface area contributed by atoms with Gasteiger partial charge in [0.25, 0.3) is 5.91 Å². The van der Waals surface area contributed by atoms with Crippen LogP contribution in [0.3, 0.4) is 0 Å². The molecule has 1 unspecified atom stereocenters. The maximum Gasteiger partial charge on any atom is 0.408 e. The molecule has 8 heteroatoms. The fourth-order valence-electron chi connectivity index (χ4n) is 3.45. The number of hydrogen-bond donors (Lipinski definition) is 2. The minimum atomic E-state index is -0.941. The standard InChI is InChI=1S/C26H34ClN3O4/c1-16(2)30(21(31)15-28-25(33)34-26(5,6)7)23(19-13-11-17(3)12-14-19)24(32)29-22-18(4)9-8-10-20(22)27/h8-14,16,23H,15H2,1-7H3,(H,28,33)(H,29,32). The Hall–Kier alpha value is -3.06. The van der Waals surface area contributed by atoms with Gasteiger partial charge in [0, 0.05) is 6.04 Å². The lowest BCUT2D eigenvalue weighted by atomic mass is 10.0. The number of carbonyl (C=O) groups excluding carboxylic acids is 3. The number of benzene rings is 2. The lowest BCUT2D eigenvalue weighted by Gasteiger charge is -2.35. The molecule has 0 aliphatic heterocycles. The van der Waals surface area contributed by atoms with Gasteiger partial charge in [0.05, 0.1) is 10.7 Å². The van der Waals surface area contributed by atoms with Crippen LogP contribution in [0, 0.1) is 13.8 Å². The highest BCUT2D eigenvalue weighted by atomic mass is 35.5. The van der Waals surface area contributed by atoms with Crippen molar-refractivity contribution in [2.24, 2.45) is 0 Å². The fourth-order valence-corrected chi connectivity index (χ4v) is 3.72.